The number of nitrogens with zero attached hydrogens (tertiary/aromatic N) is 2. The zero-order valence-electron chi connectivity index (χ0n) is 14.3. The molecule has 7 heteroatoms. The van der Waals surface area contributed by atoms with Crippen LogP contribution in [0.1, 0.15) is 11.1 Å². The van der Waals surface area contributed by atoms with Gasteiger partial charge in [0, 0.05) is 12.2 Å². The van der Waals surface area contributed by atoms with Crippen LogP contribution in [-0.2, 0) is 16.4 Å². The maximum absolute atomic E-state index is 13.3. The van der Waals surface area contributed by atoms with Crippen molar-refractivity contribution in [3.05, 3.63) is 65.5 Å². The quantitative estimate of drug-likeness (QED) is 0.777. The summed E-state index contributed by atoms with van der Waals surface area (Å²) in [5.74, 6) is -0.495. The smallest absolute Gasteiger partial charge is 0.314 e. The number of sulfone groups is 1. The van der Waals surface area contributed by atoms with Gasteiger partial charge in [0.05, 0.1) is 23.6 Å². The zero-order valence-corrected chi connectivity index (χ0v) is 15.1. The lowest BCUT2D eigenvalue weighted by Crippen LogP contribution is -2.37. The molecule has 0 saturated carbocycles. The van der Waals surface area contributed by atoms with Gasteiger partial charge in [-0.15, -0.1) is 0 Å². The van der Waals surface area contributed by atoms with Crippen molar-refractivity contribution in [3.63, 3.8) is 0 Å². The molecule has 2 aliphatic heterocycles. The van der Waals surface area contributed by atoms with E-state index in [1.54, 1.807) is 4.90 Å². The minimum Gasteiger partial charge on any atom is -0.314 e. The fourth-order valence-electron chi connectivity index (χ4n) is 3.87. The summed E-state index contributed by atoms with van der Waals surface area (Å²) in [5, 5.41) is 0. The largest absolute Gasteiger partial charge is 0.325 e. The predicted molar refractivity (Wildman–Crippen MR) is 97.2 cm³/mol. The third-order valence-corrected chi connectivity index (χ3v) is 6.72. The molecular formula is C19H19FN2O3S. The van der Waals surface area contributed by atoms with Crippen LogP contribution in [0.5, 0.6) is 0 Å². The molecular weight excluding hydrogens is 355 g/mol. The number of hydrogen-bond donors (Lipinski definition) is 0. The monoisotopic (exact) mass is 374 g/mol. The van der Waals surface area contributed by atoms with Crippen LogP contribution < -0.4 is 4.90 Å². The molecule has 2 aliphatic rings. The van der Waals surface area contributed by atoms with E-state index in [2.05, 4.69) is 0 Å². The molecule has 2 atom stereocenters. The molecule has 2 heterocycles. The molecule has 0 bridgehead atoms. The molecule has 2 amide bonds. The molecule has 2 aromatic carbocycles. The zero-order chi connectivity index (χ0) is 18.5. The van der Waals surface area contributed by atoms with Gasteiger partial charge in [0.2, 0.25) is 0 Å². The molecule has 0 aliphatic carbocycles. The van der Waals surface area contributed by atoms with Gasteiger partial charge in [-0.3, -0.25) is 4.90 Å². The predicted octanol–water partition coefficient (Wildman–Crippen LogP) is 2.74. The number of amides is 2. The Bertz CT molecular complexity index is 959. The standard InChI is InChI=1S/C19H19FN2O3S/c1-13-3-2-4-14(9-13)10-21-17-11-26(24,25)12-18(17)22(19(21)23)16-7-5-15(20)6-8-16/h2-9,17-18H,10-12H2,1H3/t17-,18-/m0/s1. The highest BCUT2D eigenvalue weighted by atomic mass is 32.2. The number of aryl methyl sites for hydroxylation is 1. The van der Waals surface area contributed by atoms with Gasteiger partial charge in [-0.25, -0.2) is 17.6 Å². The van der Waals surface area contributed by atoms with Gasteiger partial charge in [-0.05, 0) is 36.8 Å². The van der Waals surface area contributed by atoms with E-state index in [0.29, 0.717) is 12.2 Å². The van der Waals surface area contributed by atoms with Crippen LogP contribution >= 0.6 is 0 Å². The number of fused-ring (bicyclic) bond motifs is 1. The number of halogens is 1. The Morgan fingerprint density at radius 1 is 1.08 bits per heavy atom. The van der Waals surface area contributed by atoms with Crippen LogP contribution in [0.4, 0.5) is 14.9 Å². The maximum Gasteiger partial charge on any atom is 0.325 e. The average molecular weight is 374 g/mol. The van der Waals surface area contributed by atoms with E-state index in [4.69, 9.17) is 0 Å². The molecule has 0 N–H and O–H groups in total. The number of urea groups is 1. The van der Waals surface area contributed by atoms with Gasteiger partial charge in [0.1, 0.15) is 5.82 Å². The average Bonchev–Trinajstić information content (AvgIpc) is 3.00. The summed E-state index contributed by atoms with van der Waals surface area (Å²) in [4.78, 5) is 16.2. The third kappa shape index (κ3) is 2.96. The maximum atomic E-state index is 13.3. The molecule has 2 fully saturated rings. The summed E-state index contributed by atoms with van der Waals surface area (Å²) in [6.07, 6.45) is 0. The van der Waals surface area contributed by atoms with Gasteiger partial charge < -0.3 is 4.90 Å². The van der Waals surface area contributed by atoms with E-state index < -0.39 is 27.7 Å². The summed E-state index contributed by atoms with van der Waals surface area (Å²) in [6, 6.07) is 12.4. The second-order valence-electron chi connectivity index (χ2n) is 6.96. The first-order valence-electron chi connectivity index (χ1n) is 8.45. The van der Waals surface area contributed by atoms with Crippen LogP contribution in [0.25, 0.3) is 0 Å². The van der Waals surface area contributed by atoms with Gasteiger partial charge >= 0.3 is 6.03 Å². The minimum absolute atomic E-state index is 0.0348. The van der Waals surface area contributed by atoms with Crippen molar-refractivity contribution >= 4 is 21.6 Å². The summed E-state index contributed by atoms with van der Waals surface area (Å²) < 4.78 is 37.7. The summed E-state index contributed by atoms with van der Waals surface area (Å²) in [5.41, 5.74) is 2.57. The molecule has 136 valence electrons. The first-order chi connectivity index (χ1) is 12.3. The van der Waals surface area contributed by atoms with Crippen molar-refractivity contribution in [2.45, 2.75) is 25.6 Å². The van der Waals surface area contributed by atoms with Crippen molar-refractivity contribution in [2.75, 3.05) is 16.4 Å². The minimum atomic E-state index is -3.22. The third-order valence-electron chi connectivity index (χ3n) is 5.02. The Hall–Kier alpha value is -2.41. The van der Waals surface area contributed by atoms with Gasteiger partial charge in [0.25, 0.3) is 0 Å². The molecule has 0 aromatic heterocycles. The fourth-order valence-corrected chi connectivity index (χ4v) is 5.82. The Morgan fingerprint density at radius 3 is 2.46 bits per heavy atom. The molecule has 0 spiro atoms. The molecule has 26 heavy (non-hydrogen) atoms. The lowest BCUT2D eigenvalue weighted by molar-refractivity contribution is 0.206. The second-order valence-corrected chi connectivity index (χ2v) is 9.11. The van der Waals surface area contributed by atoms with Crippen molar-refractivity contribution in [1.29, 1.82) is 0 Å². The molecule has 4 rings (SSSR count). The summed E-state index contributed by atoms with van der Waals surface area (Å²) in [7, 11) is -3.22. The van der Waals surface area contributed by atoms with Crippen LogP contribution in [0, 0.1) is 12.7 Å². The van der Waals surface area contributed by atoms with E-state index in [1.165, 1.54) is 29.2 Å². The number of carbonyl (C=O) groups is 1. The van der Waals surface area contributed by atoms with E-state index >= 15 is 0 Å². The number of rotatable bonds is 3. The highest BCUT2D eigenvalue weighted by Gasteiger charge is 2.53. The summed E-state index contributed by atoms with van der Waals surface area (Å²) >= 11 is 0. The highest BCUT2D eigenvalue weighted by Crippen LogP contribution is 2.36. The summed E-state index contributed by atoms with van der Waals surface area (Å²) in [6.45, 7) is 2.33. The Morgan fingerprint density at radius 2 is 1.77 bits per heavy atom. The van der Waals surface area contributed by atoms with Gasteiger partial charge in [-0.1, -0.05) is 29.8 Å². The fraction of sp³-hybridized carbons (Fsp3) is 0.316. The second kappa shape index (κ2) is 6.09. The van der Waals surface area contributed by atoms with Crippen LogP contribution in [0.2, 0.25) is 0 Å². The number of anilines is 1. The van der Waals surface area contributed by atoms with Crippen molar-refractivity contribution in [2.24, 2.45) is 0 Å². The van der Waals surface area contributed by atoms with E-state index in [9.17, 15) is 17.6 Å². The Labute approximate surface area is 152 Å². The van der Waals surface area contributed by atoms with Crippen molar-refractivity contribution in [3.8, 4) is 0 Å². The van der Waals surface area contributed by atoms with Crippen LogP contribution in [0.3, 0.4) is 0 Å². The number of hydrogen-bond acceptors (Lipinski definition) is 3. The Kier molecular flexibility index (Phi) is 3.99. The molecule has 2 aromatic rings. The van der Waals surface area contributed by atoms with Gasteiger partial charge in [-0.2, -0.15) is 0 Å². The molecule has 0 radical (unpaired) electrons. The van der Waals surface area contributed by atoms with Crippen molar-refractivity contribution in [1.82, 2.24) is 4.90 Å². The first-order valence-corrected chi connectivity index (χ1v) is 10.3. The number of carbonyl (C=O) groups excluding carboxylic acids is 1. The van der Waals surface area contributed by atoms with Gasteiger partial charge in [0.15, 0.2) is 9.84 Å². The van der Waals surface area contributed by atoms with E-state index in [1.807, 2.05) is 31.2 Å². The van der Waals surface area contributed by atoms with Crippen molar-refractivity contribution < 1.29 is 17.6 Å². The lowest BCUT2D eigenvalue weighted by Gasteiger charge is -2.22. The van der Waals surface area contributed by atoms with Crippen LogP contribution in [-0.4, -0.2) is 42.9 Å². The molecule has 5 nitrogen and oxygen atoms in total. The lowest BCUT2D eigenvalue weighted by atomic mass is 10.1. The van der Waals surface area contributed by atoms with Crippen LogP contribution in [0.15, 0.2) is 48.5 Å². The topological polar surface area (TPSA) is 57.7 Å². The first kappa shape index (κ1) is 17.0. The normalized spacial score (nSPS) is 24.2. The SMILES string of the molecule is Cc1cccc(CN2C(=O)N(c3ccc(F)cc3)[C@H]3CS(=O)(=O)C[C@@H]32)c1. The van der Waals surface area contributed by atoms with E-state index in [0.717, 1.165) is 11.1 Å². The molecule has 2 saturated heterocycles. The number of benzene rings is 2. The Balaban J connectivity index is 1.70. The molecule has 0 unspecified atom stereocenters. The highest BCUT2D eigenvalue weighted by molar-refractivity contribution is 7.91. The van der Waals surface area contributed by atoms with E-state index in [-0.39, 0.29) is 17.5 Å².